The van der Waals surface area contributed by atoms with Gasteiger partial charge < -0.3 is 10.1 Å². The minimum Gasteiger partial charge on any atom is -0.494 e. The fraction of sp³-hybridized carbons (Fsp3) is 0.625. The Morgan fingerprint density at radius 3 is 2.89 bits per heavy atom. The number of nitrogens with one attached hydrogen (secondary N) is 1. The van der Waals surface area contributed by atoms with Gasteiger partial charge in [-0.15, -0.1) is 0 Å². The van der Waals surface area contributed by atoms with Crippen LogP contribution < -0.4 is 10.1 Å². The van der Waals surface area contributed by atoms with Gasteiger partial charge in [-0.05, 0) is 43.5 Å². The summed E-state index contributed by atoms with van der Waals surface area (Å²) in [4.78, 5) is 0. The molecule has 1 aliphatic rings. The molecule has 0 spiro atoms. The summed E-state index contributed by atoms with van der Waals surface area (Å²) in [5, 5.41) is 3.54. The second-order valence-corrected chi connectivity index (χ2v) is 5.20. The smallest absolute Gasteiger partial charge is 0.119 e. The van der Waals surface area contributed by atoms with Crippen LogP contribution in [0, 0.1) is 5.92 Å². The van der Waals surface area contributed by atoms with Crippen molar-refractivity contribution in [2.75, 3.05) is 13.2 Å². The predicted octanol–water partition coefficient (Wildman–Crippen LogP) is 3.76. The maximum Gasteiger partial charge on any atom is 0.119 e. The van der Waals surface area contributed by atoms with Gasteiger partial charge in [0.15, 0.2) is 0 Å². The summed E-state index contributed by atoms with van der Waals surface area (Å²) < 4.78 is 5.51. The van der Waals surface area contributed by atoms with E-state index in [0.29, 0.717) is 0 Å². The summed E-state index contributed by atoms with van der Waals surface area (Å²) in [6.45, 7) is 4.85. The zero-order valence-corrected chi connectivity index (χ0v) is 11.5. The Kier molecular flexibility index (Phi) is 5.53. The van der Waals surface area contributed by atoms with Crippen LogP contribution in [0.25, 0.3) is 0 Å². The first kappa shape index (κ1) is 13.4. The van der Waals surface area contributed by atoms with Crippen LogP contribution in [-0.2, 0) is 6.54 Å². The maximum absolute atomic E-state index is 5.51. The molecule has 1 N–H and O–H groups in total. The molecular formula is C16H25NO. The van der Waals surface area contributed by atoms with Crippen molar-refractivity contribution in [1.82, 2.24) is 5.32 Å². The summed E-state index contributed by atoms with van der Waals surface area (Å²) in [5.74, 6) is 1.96. The van der Waals surface area contributed by atoms with Crippen molar-refractivity contribution >= 4 is 0 Å². The highest BCUT2D eigenvalue weighted by Crippen LogP contribution is 2.26. The van der Waals surface area contributed by atoms with Gasteiger partial charge in [0, 0.05) is 6.54 Å². The fourth-order valence-electron chi connectivity index (χ4n) is 2.75. The van der Waals surface area contributed by atoms with E-state index in [4.69, 9.17) is 4.74 Å². The highest BCUT2D eigenvalue weighted by atomic mass is 16.5. The molecule has 0 radical (unpaired) electrons. The quantitative estimate of drug-likeness (QED) is 0.741. The van der Waals surface area contributed by atoms with Gasteiger partial charge in [0.05, 0.1) is 6.61 Å². The van der Waals surface area contributed by atoms with Gasteiger partial charge in [-0.3, -0.25) is 0 Å². The van der Waals surface area contributed by atoms with Crippen LogP contribution in [0.5, 0.6) is 5.75 Å². The summed E-state index contributed by atoms with van der Waals surface area (Å²) in [7, 11) is 0. The predicted molar refractivity (Wildman–Crippen MR) is 75.9 cm³/mol. The van der Waals surface area contributed by atoms with Crippen molar-refractivity contribution in [3.8, 4) is 5.75 Å². The molecule has 2 rings (SSSR count). The molecule has 2 nitrogen and oxygen atoms in total. The van der Waals surface area contributed by atoms with Crippen molar-refractivity contribution in [1.29, 1.82) is 0 Å². The van der Waals surface area contributed by atoms with Crippen LogP contribution in [0.3, 0.4) is 0 Å². The summed E-state index contributed by atoms with van der Waals surface area (Å²) in [6.07, 6.45) is 7.12. The Morgan fingerprint density at radius 1 is 1.28 bits per heavy atom. The van der Waals surface area contributed by atoms with Gasteiger partial charge in [-0.1, -0.05) is 37.8 Å². The highest BCUT2D eigenvalue weighted by molar-refractivity contribution is 5.28. The number of hydrogen-bond donors (Lipinski definition) is 1. The Hall–Kier alpha value is -1.02. The van der Waals surface area contributed by atoms with Crippen LogP contribution in [-0.4, -0.2) is 13.2 Å². The van der Waals surface area contributed by atoms with Crippen molar-refractivity contribution in [2.45, 2.75) is 45.6 Å². The molecule has 1 saturated carbocycles. The van der Waals surface area contributed by atoms with Crippen LogP contribution in [0.4, 0.5) is 0 Å². The van der Waals surface area contributed by atoms with E-state index in [0.717, 1.165) is 31.4 Å². The van der Waals surface area contributed by atoms with E-state index in [9.17, 15) is 0 Å². The molecule has 18 heavy (non-hydrogen) atoms. The SMILES string of the molecule is CCOc1cccc(CNCCC2CCCC2)c1. The first-order chi connectivity index (χ1) is 8.88. The van der Waals surface area contributed by atoms with E-state index < -0.39 is 0 Å². The zero-order chi connectivity index (χ0) is 12.6. The summed E-state index contributed by atoms with van der Waals surface area (Å²) in [6, 6.07) is 8.38. The molecule has 0 heterocycles. The first-order valence-corrected chi connectivity index (χ1v) is 7.31. The molecule has 0 aliphatic heterocycles. The Labute approximate surface area is 111 Å². The van der Waals surface area contributed by atoms with Gasteiger partial charge in [0.2, 0.25) is 0 Å². The normalized spacial score (nSPS) is 16.1. The average Bonchev–Trinajstić information content (AvgIpc) is 2.89. The van der Waals surface area contributed by atoms with E-state index in [1.165, 1.54) is 37.7 Å². The highest BCUT2D eigenvalue weighted by Gasteiger charge is 2.13. The van der Waals surface area contributed by atoms with Crippen LogP contribution in [0.1, 0.15) is 44.6 Å². The molecule has 2 heteroatoms. The Bertz CT molecular complexity index is 345. The van der Waals surface area contributed by atoms with Crippen LogP contribution >= 0.6 is 0 Å². The lowest BCUT2D eigenvalue weighted by Gasteiger charge is -2.10. The van der Waals surface area contributed by atoms with Crippen LogP contribution in [0.2, 0.25) is 0 Å². The molecule has 0 unspecified atom stereocenters. The lowest BCUT2D eigenvalue weighted by molar-refractivity contribution is 0.340. The molecule has 0 amide bonds. The van der Waals surface area contributed by atoms with Gasteiger partial charge in [-0.2, -0.15) is 0 Å². The van der Waals surface area contributed by atoms with E-state index >= 15 is 0 Å². The molecule has 0 aromatic heterocycles. The van der Waals surface area contributed by atoms with Gasteiger partial charge in [-0.25, -0.2) is 0 Å². The van der Waals surface area contributed by atoms with Crippen molar-refractivity contribution in [3.63, 3.8) is 0 Å². The number of hydrogen-bond acceptors (Lipinski definition) is 2. The van der Waals surface area contributed by atoms with Crippen molar-refractivity contribution < 1.29 is 4.74 Å². The lowest BCUT2D eigenvalue weighted by atomic mass is 10.0. The second kappa shape index (κ2) is 7.42. The minimum absolute atomic E-state index is 0.735. The van der Waals surface area contributed by atoms with Crippen LogP contribution in [0.15, 0.2) is 24.3 Å². The third-order valence-electron chi connectivity index (χ3n) is 3.74. The minimum atomic E-state index is 0.735. The monoisotopic (exact) mass is 247 g/mol. The molecule has 100 valence electrons. The Morgan fingerprint density at radius 2 is 2.11 bits per heavy atom. The van der Waals surface area contributed by atoms with E-state index in [-0.39, 0.29) is 0 Å². The number of rotatable bonds is 7. The third kappa shape index (κ3) is 4.34. The molecule has 1 fully saturated rings. The van der Waals surface area contributed by atoms with E-state index in [2.05, 4.69) is 23.5 Å². The molecule has 1 aliphatic carbocycles. The topological polar surface area (TPSA) is 21.3 Å². The standard InChI is InChI=1S/C16H25NO/c1-2-18-16-9-5-8-15(12-16)13-17-11-10-14-6-3-4-7-14/h5,8-9,12,14,17H,2-4,6-7,10-11,13H2,1H3. The number of ether oxygens (including phenoxy) is 1. The molecule has 1 aromatic rings. The largest absolute Gasteiger partial charge is 0.494 e. The van der Waals surface area contributed by atoms with Gasteiger partial charge >= 0.3 is 0 Å². The molecular weight excluding hydrogens is 222 g/mol. The summed E-state index contributed by atoms with van der Waals surface area (Å²) in [5.41, 5.74) is 1.31. The van der Waals surface area contributed by atoms with E-state index in [1.54, 1.807) is 0 Å². The average molecular weight is 247 g/mol. The van der Waals surface area contributed by atoms with Gasteiger partial charge in [0.25, 0.3) is 0 Å². The second-order valence-electron chi connectivity index (χ2n) is 5.20. The van der Waals surface area contributed by atoms with Crippen molar-refractivity contribution in [2.24, 2.45) is 5.92 Å². The molecule has 0 atom stereocenters. The molecule has 0 bridgehead atoms. The third-order valence-corrected chi connectivity index (χ3v) is 3.74. The lowest BCUT2D eigenvalue weighted by Crippen LogP contribution is -2.17. The number of benzene rings is 1. The zero-order valence-electron chi connectivity index (χ0n) is 11.5. The van der Waals surface area contributed by atoms with Gasteiger partial charge in [0.1, 0.15) is 5.75 Å². The maximum atomic E-state index is 5.51. The fourth-order valence-corrected chi connectivity index (χ4v) is 2.75. The summed E-state index contributed by atoms with van der Waals surface area (Å²) >= 11 is 0. The first-order valence-electron chi connectivity index (χ1n) is 7.31. The van der Waals surface area contributed by atoms with E-state index in [1.807, 2.05) is 13.0 Å². The molecule has 0 saturated heterocycles. The molecule has 1 aromatic carbocycles. The van der Waals surface area contributed by atoms with Crippen molar-refractivity contribution in [3.05, 3.63) is 29.8 Å². The Balaban J connectivity index is 1.67.